The van der Waals surface area contributed by atoms with Crippen molar-refractivity contribution in [2.45, 2.75) is 52.2 Å². The number of phosphoric ester groups is 1. The van der Waals surface area contributed by atoms with Crippen molar-refractivity contribution in [2.75, 3.05) is 6.54 Å². The molecule has 0 rings (SSSR count). The number of phosphoric acid groups is 1. The molecular formula is C10H26KN2O4P. The first-order valence-electron chi connectivity index (χ1n) is 6.56. The van der Waals surface area contributed by atoms with Crippen molar-refractivity contribution in [3.8, 4) is 0 Å². The molecule has 6 nitrogen and oxygen atoms in total. The molecule has 0 radical (unpaired) electrons. The van der Waals surface area contributed by atoms with Gasteiger partial charge in [-0.25, -0.2) is 4.57 Å². The number of rotatable bonds is 9. The van der Waals surface area contributed by atoms with E-state index in [0.717, 1.165) is 68.2 Å². The Labute approximate surface area is 144 Å². The van der Waals surface area contributed by atoms with Crippen molar-refractivity contribution in [2.24, 2.45) is 11.5 Å². The second-order valence-electron chi connectivity index (χ2n) is 4.13. The molecule has 0 aromatic heterocycles. The van der Waals surface area contributed by atoms with Crippen LogP contribution in [-0.2, 0) is 9.09 Å². The van der Waals surface area contributed by atoms with Gasteiger partial charge in [0.15, 0.2) is 0 Å². The maximum Gasteiger partial charge on any atom is 0.471 e. The van der Waals surface area contributed by atoms with Gasteiger partial charge in [-0.05, 0) is 25.8 Å². The zero-order valence-electron chi connectivity index (χ0n) is 11.5. The molecule has 6 N–H and O–H groups in total. The monoisotopic (exact) mass is 308 g/mol. The SMILES string of the molecule is CCC[CH2][K].NCCCCCC(N)OP(=O)(O)O. The summed E-state index contributed by atoms with van der Waals surface area (Å²) in [6.45, 7) is 2.86. The first kappa shape index (κ1) is 22.0. The molecule has 0 fully saturated rings. The summed E-state index contributed by atoms with van der Waals surface area (Å²) in [4.78, 5) is 16.8. The van der Waals surface area contributed by atoms with Crippen molar-refractivity contribution in [1.29, 1.82) is 0 Å². The van der Waals surface area contributed by atoms with Crippen LogP contribution in [0.4, 0.5) is 0 Å². The van der Waals surface area contributed by atoms with E-state index in [2.05, 4.69) is 11.4 Å². The predicted octanol–water partition coefficient (Wildman–Crippen LogP) is 1.27. The zero-order valence-corrected chi connectivity index (χ0v) is 15.6. The van der Waals surface area contributed by atoms with Gasteiger partial charge in [-0.1, -0.05) is 6.42 Å². The summed E-state index contributed by atoms with van der Waals surface area (Å²) in [5.74, 6) is 0. The van der Waals surface area contributed by atoms with E-state index in [1.54, 1.807) is 0 Å². The molecule has 0 saturated heterocycles. The van der Waals surface area contributed by atoms with Gasteiger partial charge in [-0.15, -0.1) is 0 Å². The van der Waals surface area contributed by atoms with Gasteiger partial charge in [0.1, 0.15) is 6.23 Å². The van der Waals surface area contributed by atoms with Gasteiger partial charge in [0.05, 0.1) is 0 Å². The number of nitrogens with two attached hydrogens (primary N) is 2. The molecular weight excluding hydrogens is 282 g/mol. The third-order valence-corrected chi connectivity index (χ3v) is 3.82. The molecule has 1 atom stereocenters. The molecule has 1 unspecified atom stereocenters. The molecule has 18 heavy (non-hydrogen) atoms. The largest absolute Gasteiger partial charge is 0.471 e. The van der Waals surface area contributed by atoms with Gasteiger partial charge in [0.2, 0.25) is 0 Å². The first-order chi connectivity index (χ1) is 8.37. The van der Waals surface area contributed by atoms with Crippen LogP contribution in [0.2, 0.25) is 0.515 Å². The summed E-state index contributed by atoms with van der Waals surface area (Å²) in [7, 11) is -4.43. The van der Waals surface area contributed by atoms with Crippen LogP contribution in [0.25, 0.3) is 0 Å². The van der Waals surface area contributed by atoms with Crippen molar-refractivity contribution in [3.05, 3.63) is 0 Å². The average molecular weight is 308 g/mol. The van der Waals surface area contributed by atoms with E-state index < -0.39 is 14.1 Å². The molecule has 0 aromatic carbocycles. The van der Waals surface area contributed by atoms with Crippen molar-refractivity contribution in [3.63, 3.8) is 0 Å². The van der Waals surface area contributed by atoms with Crippen LogP contribution in [0.3, 0.4) is 0 Å². The van der Waals surface area contributed by atoms with Crippen molar-refractivity contribution >= 4 is 56.8 Å². The Morgan fingerprint density at radius 1 is 1.28 bits per heavy atom. The minimum atomic E-state index is -4.43. The second kappa shape index (κ2) is 15.1. The molecule has 0 bridgehead atoms. The van der Waals surface area contributed by atoms with Crippen LogP contribution < -0.4 is 11.5 Å². The van der Waals surface area contributed by atoms with Crippen LogP contribution in [-0.4, -0.2) is 71.5 Å². The average Bonchev–Trinajstić information content (AvgIpc) is 2.24. The van der Waals surface area contributed by atoms with Crippen LogP contribution in [0, 0.1) is 0 Å². The van der Waals surface area contributed by atoms with Crippen LogP contribution in [0.5, 0.6) is 0 Å². The van der Waals surface area contributed by atoms with Crippen LogP contribution in [0.15, 0.2) is 0 Å². The molecule has 0 aliphatic rings. The van der Waals surface area contributed by atoms with Gasteiger partial charge < -0.3 is 21.3 Å². The van der Waals surface area contributed by atoms with E-state index in [4.69, 9.17) is 21.3 Å². The second-order valence-corrected chi connectivity index (χ2v) is 6.88. The fourth-order valence-electron chi connectivity index (χ4n) is 1.25. The predicted molar refractivity (Wildman–Crippen MR) is 74.1 cm³/mol. The zero-order chi connectivity index (χ0) is 14.4. The molecule has 106 valence electrons. The van der Waals surface area contributed by atoms with E-state index in [1.807, 2.05) is 0 Å². The van der Waals surface area contributed by atoms with Gasteiger partial charge >= 0.3 is 77.1 Å². The number of unbranched alkanes of at least 4 members (excludes halogenated alkanes) is 3. The Balaban J connectivity index is 0. The Kier molecular flexibility index (Phi) is 18.4. The normalized spacial score (nSPS) is 12.8. The minimum absolute atomic E-state index is 0.436. The molecule has 0 spiro atoms. The summed E-state index contributed by atoms with van der Waals surface area (Å²) in [6.07, 6.45) is 4.96. The Morgan fingerprint density at radius 2 is 1.89 bits per heavy atom. The van der Waals surface area contributed by atoms with E-state index >= 15 is 0 Å². The summed E-state index contributed by atoms with van der Waals surface area (Å²) in [5, 5.41) is 0. The summed E-state index contributed by atoms with van der Waals surface area (Å²) in [6, 6.07) is 0. The Bertz CT molecular complexity index is 214. The molecule has 0 aromatic rings. The van der Waals surface area contributed by atoms with Crippen LogP contribution in [0.1, 0.15) is 45.4 Å². The van der Waals surface area contributed by atoms with Crippen molar-refractivity contribution in [1.82, 2.24) is 0 Å². The molecule has 0 saturated carbocycles. The molecule has 0 aliphatic heterocycles. The fourth-order valence-corrected chi connectivity index (χ4v) is 2.81. The third-order valence-electron chi connectivity index (χ3n) is 2.17. The summed E-state index contributed by atoms with van der Waals surface area (Å²) < 4.78 is 16.1. The Hall–Kier alpha value is 1.67. The maximum atomic E-state index is 10.3. The number of hydrogen-bond donors (Lipinski definition) is 4. The molecule has 8 heteroatoms. The summed E-state index contributed by atoms with van der Waals surface area (Å²) in [5.41, 5.74) is 10.6. The first-order valence-corrected chi connectivity index (χ1v) is 10.3. The quantitative estimate of drug-likeness (QED) is 0.220. The van der Waals surface area contributed by atoms with Crippen LogP contribution >= 0.6 is 7.82 Å². The van der Waals surface area contributed by atoms with E-state index in [0.29, 0.717) is 13.0 Å². The van der Waals surface area contributed by atoms with E-state index in [9.17, 15) is 4.57 Å². The minimum Gasteiger partial charge on any atom is -0.330 e. The van der Waals surface area contributed by atoms with E-state index in [1.165, 1.54) is 13.4 Å². The van der Waals surface area contributed by atoms with Gasteiger partial charge in [0.25, 0.3) is 0 Å². The van der Waals surface area contributed by atoms with Gasteiger partial charge in [-0.3, -0.25) is 4.52 Å². The van der Waals surface area contributed by atoms with Gasteiger partial charge in [-0.2, -0.15) is 0 Å². The van der Waals surface area contributed by atoms with Crippen molar-refractivity contribution < 1.29 is 18.9 Å². The number of hydrogen-bond acceptors (Lipinski definition) is 4. The maximum absolute atomic E-state index is 10.3. The smallest absolute Gasteiger partial charge is 0.330 e. The molecule has 0 amide bonds. The molecule has 0 heterocycles. The Morgan fingerprint density at radius 3 is 2.22 bits per heavy atom. The molecule has 0 aliphatic carbocycles. The van der Waals surface area contributed by atoms with E-state index in [-0.39, 0.29) is 0 Å². The summed E-state index contributed by atoms with van der Waals surface area (Å²) >= 11 is 1.11. The third kappa shape index (κ3) is 22.8. The van der Waals surface area contributed by atoms with Gasteiger partial charge in [0, 0.05) is 0 Å². The topological polar surface area (TPSA) is 119 Å². The standard InChI is InChI=1S/C6H17N2O4P.C4H9.K/c7-5-3-1-2-4-6(8)12-13(9,10)11;1-3-4-2;/h6H,1-5,7-8H2,(H2,9,10,11);1,3-4H2,2H3;. The fraction of sp³-hybridized carbons (Fsp3) is 1.00.